The van der Waals surface area contributed by atoms with Gasteiger partial charge in [0.1, 0.15) is 28.8 Å². The van der Waals surface area contributed by atoms with Gasteiger partial charge in [0, 0.05) is 0 Å². The van der Waals surface area contributed by atoms with Crippen LogP contribution in [0.3, 0.4) is 0 Å². The molecule has 8 heteroatoms. The van der Waals surface area contributed by atoms with Gasteiger partial charge in [-0.25, -0.2) is 0 Å². The number of nitro benzene ring substituents is 1. The number of nitrogens with zero attached hydrogens (tertiary/aromatic N) is 2. The lowest BCUT2D eigenvalue weighted by Crippen LogP contribution is -2.14. The largest absolute Gasteiger partial charge is 0.508 e. The van der Waals surface area contributed by atoms with Gasteiger partial charge in [-0.15, -0.1) is 0 Å². The molecule has 126 valence electrons. The zero-order valence-electron chi connectivity index (χ0n) is 13.1. The van der Waals surface area contributed by atoms with Crippen LogP contribution in [0.15, 0.2) is 48.0 Å². The molecule has 0 unspecified atom stereocenters. The lowest BCUT2D eigenvalue weighted by Gasteiger charge is -2.07. The fourth-order valence-electron chi connectivity index (χ4n) is 1.97. The normalized spacial score (nSPS) is 10.6. The Morgan fingerprint density at radius 1 is 1.32 bits per heavy atom. The molecule has 0 atom stereocenters. The number of nitro groups is 1. The molecule has 2 rings (SSSR count). The van der Waals surface area contributed by atoms with Crippen LogP contribution in [0.1, 0.15) is 5.56 Å². The van der Waals surface area contributed by atoms with Gasteiger partial charge in [0.2, 0.25) is 0 Å². The number of phenolic OH excluding ortho intramolecular Hbond substituents is 1. The minimum absolute atomic E-state index is 0.0500. The monoisotopic (exact) mass is 339 g/mol. The third-order valence-electron chi connectivity index (χ3n) is 3.22. The molecule has 0 aliphatic carbocycles. The molecule has 0 saturated carbocycles. The van der Waals surface area contributed by atoms with Crippen molar-refractivity contribution in [1.82, 2.24) is 0 Å². The second kappa shape index (κ2) is 7.61. The molecule has 0 aliphatic heterocycles. The minimum atomic E-state index is -0.788. The number of anilines is 1. The minimum Gasteiger partial charge on any atom is -0.508 e. The molecule has 2 aromatic carbocycles. The lowest BCUT2D eigenvalue weighted by atomic mass is 10.1. The third kappa shape index (κ3) is 4.33. The van der Waals surface area contributed by atoms with Crippen LogP contribution >= 0.6 is 0 Å². The fourth-order valence-corrected chi connectivity index (χ4v) is 1.97. The van der Waals surface area contributed by atoms with Crippen molar-refractivity contribution in [2.45, 2.75) is 0 Å². The smallest absolute Gasteiger partial charge is 0.296 e. The number of rotatable bonds is 5. The Bertz CT molecular complexity index is 882. The lowest BCUT2D eigenvalue weighted by molar-refractivity contribution is -0.384. The van der Waals surface area contributed by atoms with E-state index >= 15 is 0 Å². The summed E-state index contributed by atoms with van der Waals surface area (Å²) in [5, 5.41) is 31.9. The van der Waals surface area contributed by atoms with E-state index in [1.165, 1.54) is 55.7 Å². The van der Waals surface area contributed by atoms with Crippen LogP contribution in [0.4, 0.5) is 11.4 Å². The first-order valence-electron chi connectivity index (χ1n) is 6.99. The number of nitriles is 1. The number of methoxy groups -OCH3 is 1. The Balaban J connectivity index is 2.30. The van der Waals surface area contributed by atoms with Crippen LogP contribution < -0.4 is 10.1 Å². The second-order valence-corrected chi connectivity index (χ2v) is 4.86. The summed E-state index contributed by atoms with van der Waals surface area (Å²) in [7, 11) is 1.37. The first kappa shape index (κ1) is 17.5. The Labute approximate surface area is 142 Å². The summed E-state index contributed by atoms with van der Waals surface area (Å²) < 4.78 is 4.92. The first-order chi connectivity index (χ1) is 11.9. The van der Waals surface area contributed by atoms with E-state index in [-0.39, 0.29) is 28.4 Å². The maximum Gasteiger partial charge on any atom is 0.296 e. The average molecular weight is 339 g/mol. The van der Waals surface area contributed by atoms with Crippen LogP contribution in [0.2, 0.25) is 0 Å². The average Bonchev–Trinajstić information content (AvgIpc) is 2.61. The van der Waals surface area contributed by atoms with Crippen LogP contribution in [-0.2, 0) is 4.79 Å². The van der Waals surface area contributed by atoms with Crippen LogP contribution in [-0.4, -0.2) is 23.0 Å². The van der Waals surface area contributed by atoms with Crippen molar-refractivity contribution in [3.63, 3.8) is 0 Å². The highest BCUT2D eigenvalue weighted by molar-refractivity contribution is 6.10. The molecule has 0 spiro atoms. The van der Waals surface area contributed by atoms with E-state index in [1.54, 1.807) is 6.07 Å². The van der Waals surface area contributed by atoms with E-state index in [4.69, 9.17) is 10.00 Å². The maximum absolute atomic E-state index is 12.2. The number of nitrogens with one attached hydrogen (secondary N) is 1. The fraction of sp³-hybridized carbons (Fsp3) is 0.0588. The summed E-state index contributed by atoms with van der Waals surface area (Å²) in [6, 6.07) is 11.6. The number of benzene rings is 2. The van der Waals surface area contributed by atoms with E-state index in [0.717, 1.165) is 0 Å². The molecular formula is C17H13N3O5. The Morgan fingerprint density at radius 2 is 2.00 bits per heavy atom. The van der Waals surface area contributed by atoms with Gasteiger partial charge < -0.3 is 15.2 Å². The van der Waals surface area contributed by atoms with Gasteiger partial charge in [0.15, 0.2) is 0 Å². The van der Waals surface area contributed by atoms with E-state index in [9.17, 15) is 20.0 Å². The van der Waals surface area contributed by atoms with Gasteiger partial charge in [-0.2, -0.15) is 5.26 Å². The molecule has 0 radical (unpaired) electrons. The highest BCUT2D eigenvalue weighted by atomic mass is 16.6. The summed E-state index contributed by atoms with van der Waals surface area (Å²) in [6.45, 7) is 0. The van der Waals surface area contributed by atoms with E-state index < -0.39 is 10.8 Å². The molecule has 0 bridgehead atoms. The van der Waals surface area contributed by atoms with E-state index in [2.05, 4.69) is 5.32 Å². The molecule has 0 fully saturated rings. The number of aromatic hydroxyl groups is 1. The topological polar surface area (TPSA) is 125 Å². The molecule has 0 saturated heterocycles. The summed E-state index contributed by atoms with van der Waals surface area (Å²) in [5.74, 6) is -0.470. The molecule has 0 aliphatic rings. The number of carbonyl (C=O) groups is 1. The van der Waals surface area contributed by atoms with Crippen LogP contribution in [0.5, 0.6) is 11.5 Å². The van der Waals surface area contributed by atoms with Crippen molar-refractivity contribution in [2.24, 2.45) is 0 Å². The van der Waals surface area contributed by atoms with Crippen molar-refractivity contribution in [3.05, 3.63) is 63.7 Å². The Morgan fingerprint density at radius 3 is 2.56 bits per heavy atom. The number of hydrogen-bond acceptors (Lipinski definition) is 6. The highest BCUT2D eigenvalue weighted by Crippen LogP contribution is 2.29. The van der Waals surface area contributed by atoms with Crippen molar-refractivity contribution >= 4 is 23.4 Å². The molecule has 0 heterocycles. The quantitative estimate of drug-likeness (QED) is 0.373. The SMILES string of the molecule is COc1ccc(NC(=O)/C(C#N)=C/c2ccc(O)cc2)c([N+](=O)[O-])c1. The van der Waals surface area contributed by atoms with Crippen molar-refractivity contribution in [2.75, 3.05) is 12.4 Å². The molecular weight excluding hydrogens is 326 g/mol. The number of hydrogen-bond donors (Lipinski definition) is 2. The number of amides is 1. The molecule has 0 aromatic heterocycles. The van der Waals surface area contributed by atoms with Gasteiger partial charge in [-0.3, -0.25) is 14.9 Å². The molecule has 8 nitrogen and oxygen atoms in total. The van der Waals surface area contributed by atoms with E-state index in [0.29, 0.717) is 5.56 Å². The maximum atomic E-state index is 12.2. The van der Waals surface area contributed by atoms with Crippen molar-refractivity contribution in [1.29, 1.82) is 5.26 Å². The third-order valence-corrected chi connectivity index (χ3v) is 3.22. The van der Waals surface area contributed by atoms with Crippen molar-refractivity contribution < 1.29 is 19.6 Å². The second-order valence-electron chi connectivity index (χ2n) is 4.86. The highest BCUT2D eigenvalue weighted by Gasteiger charge is 2.19. The summed E-state index contributed by atoms with van der Waals surface area (Å²) in [4.78, 5) is 22.7. The Hall–Kier alpha value is -3.86. The molecule has 1 amide bonds. The summed E-state index contributed by atoms with van der Waals surface area (Å²) >= 11 is 0. The number of phenols is 1. The zero-order valence-corrected chi connectivity index (χ0v) is 13.1. The molecule has 25 heavy (non-hydrogen) atoms. The van der Waals surface area contributed by atoms with Crippen LogP contribution in [0.25, 0.3) is 6.08 Å². The van der Waals surface area contributed by atoms with Crippen molar-refractivity contribution in [3.8, 4) is 17.6 Å². The first-order valence-corrected chi connectivity index (χ1v) is 6.99. The Kier molecular flexibility index (Phi) is 5.32. The van der Waals surface area contributed by atoms with Gasteiger partial charge in [-0.05, 0) is 35.9 Å². The number of ether oxygens (including phenoxy) is 1. The molecule has 2 N–H and O–H groups in total. The number of carbonyl (C=O) groups excluding carboxylic acids is 1. The predicted octanol–water partition coefficient (Wildman–Crippen LogP) is 2.85. The van der Waals surface area contributed by atoms with Gasteiger partial charge in [0.05, 0.1) is 18.1 Å². The predicted molar refractivity (Wildman–Crippen MR) is 90.0 cm³/mol. The molecule has 2 aromatic rings. The zero-order chi connectivity index (χ0) is 18.4. The van der Waals surface area contributed by atoms with Gasteiger partial charge >= 0.3 is 0 Å². The van der Waals surface area contributed by atoms with Gasteiger partial charge in [-0.1, -0.05) is 12.1 Å². The van der Waals surface area contributed by atoms with Crippen LogP contribution in [0, 0.1) is 21.4 Å². The van der Waals surface area contributed by atoms with Gasteiger partial charge in [0.25, 0.3) is 11.6 Å². The van der Waals surface area contributed by atoms with E-state index in [1.807, 2.05) is 0 Å². The summed E-state index contributed by atoms with van der Waals surface area (Å²) in [5.41, 5.74) is -0.123. The summed E-state index contributed by atoms with van der Waals surface area (Å²) in [6.07, 6.45) is 1.31. The standard InChI is InChI=1S/C17H13N3O5/c1-25-14-6-7-15(16(9-14)20(23)24)19-17(22)12(10-18)8-11-2-4-13(21)5-3-11/h2-9,21H,1H3,(H,19,22)/b12-8+.